The Hall–Kier alpha value is -1.87. The Bertz CT molecular complexity index is 592. The zero-order valence-corrected chi connectivity index (χ0v) is 11.9. The minimum absolute atomic E-state index is 0.00545. The number of para-hydroxylation sites is 1. The average Bonchev–Trinajstić information content (AvgIpc) is 2.69. The molecule has 1 aliphatic heterocycles. The van der Waals surface area contributed by atoms with Crippen LogP contribution in [-0.4, -0.2) is 11.5 Å². The standard InChI is InChI=1S/C17H21N3/c1-13(18)15-9-6-11-19-17(15)20-12-5-4-8-14-7-2-3-10-16(14)20/h2-3,6-7,9-11,13H,4-5,8,12,18H2,1H3. The van der Waals surface area contributed by atoms with Gasteiger partial charge in [-0.2, -0.15) is 0 Å². The van der Waals surface area contributed by atoms with Crippen LogP contribution in [0.1, 0.15) is 36.9 Å². The van der Waals surface area contributed by atoms with E-state index in [0.29, 0.717) is 0 Å². The van der Waals surface area contributed by atoms with Gasteiger partial charge >= 0.3 is 0 Å². The van der Waals surface area contributed by atoms with Gasteiger partial charge in [0.2, 0.25) is 0 Å². The summed E-state index contributed by atoms with van der Waals surface area (Å²) in [5.74, 6) is 1.01. The molecule has 2 heterocycles. The van der Waals surface area contributed by atoms with Crippen LogP contribution in [0.2, 0.25) is 0 Å². The molecule has 1 aliphatic rings. The summed E-state index contributed by atoms with van der Waals surface area (Å²) in [6, 6.07) is 12.7. The summed E-state index contributed by atoms with van der Waals surface area (Å²) in [5.41, 5.74) is 9.92. The van der Waals surface area contributed by atoms with E-state index in [9.17, 15) is 0 Å². The van der Waals surface area contributed by atoms with Crippen LogP contribution >= 0.6 is 0 Å². The number of benzene rings is 1. The third kappa shape index (κ3) is 2.41. The molecule has 2 N–H and O–H groups in total. The number of fused-ring (bicyclic) bond motifs is 1. The van der Waals surface area contributed by atoms with Crippen molar-refractivity contribution in [2.45, 2.75) is 32.2 Å². The molecule has 0 radical (unpaired) electrons. The zero-order chi connectivity index (χ0) is 13.9. The molecule has 20 heavy (non-hydrogen) atoms. The molecule has 2 aromatic rings. The van der Waals surface area contributed by atoms with Crippen LogP contribution in [0.3, 0.4) is 0 Å². The SMILES string of the molecule is CC(N)c1cccnc1N1CCCCc2ccccc21. The highest BCUT2D eigenvalue weighted by atomic mass is 15.2. The predicted octanol–water partition coefficient (Wildman–Crippen LogP) is 3.58. The second kappa shape index (κ2) is 5.63. The quantitative estimate of drug-likeness (QED) is 0.904. The Morgan fingerprint density at radius 1 is 1.15 bits per heavy atom. The smallest absolute Gasteiger partial charge is 0.137 e. The number of rotatable bonds is 2. The number of hydrogen-bond donors (Lipinski definition) is 1. The van der Waals surface area contributed by atoms with Crippen LogP contribution in [0.25, 0.3) is 0 Å². The molecule has 1 unspecified atom stereocenters. The normalized spacial score (nSPS) is 16.4. The average molecular weight is 267 g/mol. The number of aromatic nitrogens is 1. The highest BCUT2D eigenvalue weighted by Crippen LogP contribution is 2.34. The van der Waals surface area contributed by atoms with E-state index in [1.165, 1.54) is 24.1 Å². The predicted molar refractivity (Wildman–Crippen MR) is 83.2 cm³/mol. The topological polar surface area (TPSA) is 42.1 Å². The molecule has 104 valence electrons. The molecular weight excluding hydrogens is 246 g/mol. The molecule has 3 rings (SSSR count). The first-order valence-corrected chi connectivity index (χ1v) is 7.33. The molecule has 0 spiro atoms. The number of nitrogens with two attached hydrogens (primary N) is 1. The molecule has 0 bridgehead atoms. The lowest BCUT2D eigenvalue weighted by Crippen LogP contribution is -2.22. The minimum Gasteiger partial charge on any atom is -0.326 e. The fourth-order valence-corrected chi connectivity index (χ4v) is 2.90. The van der Waals surface area contributed by atoms with Crippen molar-refractivity contribution in [1.29, 1.82) is 0 Å². The van der Waals surface area contributed by atoms with Gasteiger partial charge in [0.05, 0.1) is 0 Å². The van der Waals surface area contributed by atoms with Gasteiger partial charge in [0, 0.05) is 30.0 Å². The molecule has 3 nitrogen and oxygen atoms in total. The van der Waals surface area contributed by atoms with Gasteiger partial charge in [0.1, 0.15) is 5.82 Å². The van der Waals surface area contributed by atoms with Gasteiger partial charge in [-0.3, -0.25) is 0 Å². The highest BCUT2D eigenvalue weighted by Gasteiger charge is 2.20. The summed E-state index contributed by atoms with van der Waals surface area (Å²) in [5, 5.41) is 0. The van der Waals surface area contributed by atoms with Gasteiger partial charge in [-0.05, 0) is 43.9 Å². The third-order valence-corrected chi connectivity index (χ3v) is 3.92. The van der Waals surface area contributed by atoms with E-state index in [1.54, 1.807) is 0 Å². The van der Waals surface area contributed by atoms with Crippen molar-refractivity contribution in [1.82, 2.24) is 4.98 Å². The molecule has 0 fully saturated rings. The Balaban J connectivity index is 2.10. The monoisotopic (exact) mass is 267 g/mol. The summed E-state index contributed by atoms with van der Waals surface area (Å²) in [6.45, 7) is 3.03. The summed E-state index contributed by atoms with van der Waals surface area (Å²) in [7, 11) is 0. The van der Waals surface area contributed by atoms with E-state index in [1.807, 2.05) is 19.2 Å². The molecular formula is C17H21N3. The maximum absolute atomic E-state index is 6.11. The first-order chi connectivity index (χ1) is 9.77. The number of nitrogens with zero attached hydrogens (tertiary/aromatic N) is 2. The van der Waals surface area contributed by atoms with Crippen molar-refractivity contribution in [3.05, 3.63) is 53.7 Å². The maximum Gasteiger partial charge on any atom is 0.137 e. The molecule has 0 saturated heterocycles. The van der Waals surface area contributed by atoms with Gasteiger partial charge < -0.3 is 10.6 Å². The van der Waals surface area contributed by atoms with E-state index in [4.69, 9.17) is 5.73 Å². The number of pyridine rings is 1. The van der Waals surface area contributed by atoms with Crippen molar-refractivity contribution >= 4 is 11.5 Å². The highest BCUT2D eigenvalue weighted by molar-refractivity contribution is 5.67. The van der Waals surface area contributed by atoms with Crippen LogP contribution in [0.15, 0.2) is 42.6 Å². The Labute approximate surface area is 120 Å². The van der Waals surface area contributed by atoms with Crippen molar-refractivity contribution in [3.8, 4) is 0 Å². The largest absolute Gasteiger partial charge is 0.326 e. The summed E-state index contributed by atoms with van der Waals surface area (Å²) in [6.07, 6.45) is 5.42. The van der Waals surface area contributed by atoms with Crippen LogP contribution in [-0.2, 0) is 6.42 Å². The van der Waals surface area contributed by atoms with Crippen molar-refractivity contribution < 1.29 is 0 Å². The lowest BCUT2D eigenvalue weighted by Gasteiger charge is -2.27. The van der Waals surface area contributed by atoms with Crippen molar-refractivity contribution in [3.63, 3.8) is 0 Å². The zero-order valence-electron chi connectivity index (χ0n) is 11.9. The summed E-state index contributed by atoms with van der Waals surface area (Å²) < 4.78 is 0. The molecule has 0 amide bonds. The molecule has 0 saturated carbocycles. The van der Waals surface area contributed by atoms with Gasteiger partial charge in [-0.15, -0.1) is 0 Å². The second-order valence-corrected chi connectivity index (χ2v) is 5.44. The molecule has 1 aromatic carbocycles. The lowest BCUT2D eigenvalue weighted by molar-refractivity contribution is 0.747. The molecule has 1 aromatic heterocycles. The van der Waals surface area contributed by atoms with E-state index >= 15 is 0 Å². The minimum atomic E-state index is -0.00545. The fraction of sp³-hybridized carbons (Fsp3) is 0.353. The molecule has 0 aliphatic carbocycles. The summed E-state index contributed by atoms with van der Waals surface area (Å²) in [4.78, 5) is 6.94. The summed E-state index contributed by atoms with van der Waals surface area (Å²) >= 11 is 0. The Morgan fingerprint density at radius 3 is 2.85 bits per heavy atom. The van der Waals surface area contributed by atoms with E-state index in [2.05, 4.69) is 40.2 Å². The first kappa shape index (κ1) is 13.1. The van der Waals surface area contributed by atoms with Gasteiger partial charge in [0.15, 0.2) is 0 Å². The van der Waals surface area contributed by atoms with Gasteiger partial charge in [-0.1, -0.05) is 24.3 Å². The number of aryl methyl sites for hydroxylation is 1. The van der Waals surface area contributed by atoms with Gasteiger partial charge in [-0.25, -0.2) is 4.98 Å². The van der Waals surface area contributed by atoms with Crippen LogP contribution < -0.4 is 10.6 Å². The number of hydrogen-bond acceptors (Lipinski definition) is 3. The van der Waals surface area contributed by atoms with Crippen molar-refractivity contribution in [2.75, 3.05) is 11.4 Å². The molecule has 1 atom stereocenters. The second-order valence-electron chi connectivity index (χ2n) is 5.44. The van der Waals surface area contributed by atoms with Crippen molar-refractivity contribution in [2.24, 2.45) is 5.73 Å². The van der Waals surface area contributed by atoms with E-state index < -0.39 is 0 Å². The van der Waals surface area contributed by atoms with E-state index in [0.717, 1.165) is 24.3 Å². The van der Waals surface area contributed by atoms with Crippen LogP contribution in [0, 0.1) is 0 Å². The maximum atomic E-state index is 6.11. The first-order valence-electron chi connectivity index (χ1n) is 7.33. The van der Waals surface area contributed by atoms with E-state index in [-0.39, 0.29) is 6.04 Å². The Morgan fingerprint density at radius 2 is 2.00 bits per heavy atom. The van der Waals surface area contributed by atoms with Gasteiger partial charge in [0.25, 0.3) is 0 Å². The number of anilines is 2. The fourth-order valence-electron chi connectivity index (χ4n) is 2.90. The lowest BCUT2D eigenvalue weighted by atomic mass is 10.1. The van der Waals surface area contributed by atoms with Crippen LogP contribution in [0.4, 0.5) is 11.5 Å². The molecule has 3 heteroatoms. The third-order valence-electron chi connectivity index (χ3n) is 3.92. The van der Waals surface area contributed by atoms with Crippen LogP contribution in [0.5, 0.6) is 0 Å². The Kier molecular flexibility index (Phi) is 3.70.